The first-order chi connectivity index (χ1) is 9.10. The number of methoxy groups -OCH3 is 1. The van der Waals surface area contributed by atoms with Crippen molar-refractivity contribution in [2.24, 2.45) is 0 Å². The van der Waals surface area contributed by atoms with Crippen LogP contribution in [-0.4, -0.2) is 23.7 Å². The van der Waals surface area contributed by atoms with Crippen molar-refractivity contribution in [2.45, 2.75) is 6.61 Å². The van der Waals surface area contributed by atoms with Gasteiger partial charge in [-0.1, -0.05) is 0 Å². The number of aromatic nitrogens is 2. The zero-order chi connectivity index (χ0) is 13.8. The third-order valence-corrected chi connectivity index (χ3v) is 2.31. The normalized spacial score (nSPS) is 10.5. The number of hydrogen-bond donors (Lipinski definition) is 1. The quantitative estimate of drug-likeness (QED) is 0.920. The summed E-state index contributed by atoms with van der Waals surface area (Å²) in [5.41, 5.74) is 6.42. The molecule has 1 aromatic carbocycles. The monoisotopic (exact) mass is 267 g/mol. The second kappa shape index (κ2) is 5.47. The van der Waals surface area contributed by atoms with E-state index in [9.17, 15) is 8.78 Å². The van der Waals surface area contributed by atoms with E-state index in [0.29, 0.717) is 17.1 Å². The molecular weight excluding hydrogens is 256 g/mol. The van der Waals surface area contributed by atoms with E-state index in [2.05, 4.69) is 14.7 Å². The second-order valence-corrected chi connectivity index (χ2v) is 3.58. The first-order valence-electron chi connectivity index (χ1n) is 5.31. The lowest BCUT2D eigenvalue weighted by atomic mass is 10.2. The van der Waals surface area contributed by atoms with Crippen LogP contribution in [0.5, 0.6) is 11.5 Å². The summed E-state index contributed by atoms with van der Waals surface area (Å²) in [7, 11) is 1.37. The molecule has 0 fully saturated rings. The zero-order valence-electron chi connectivity index (χ0n) is 10.0. The molecule has 5 nitrogen and oxygen atoms in total. The van der Waals surface area contributed by atoms with Crippen LogP contribution in [0.1, 0.15) is 0 Å². The lowest BCUT2D eigenvalue weighted by Gasteiger charge is -2.11. The van der Waals surface area contributed by atoms with Crippen molar-refractivity contribution in [1.29, 1.82) is 0 Å². The summed E-state index contributed by atoms with van der Waals surface area (Å²) in [6, 6.07) is 4.53. The van der Waals surface area contributed by atoms with Crippen molar-refractivity contribution in [3.63, 3.8) is 0 Å². The second-order valence-electron chi connectivity index (χ2n) is 3.58. The Kier molecular flexibility index (Phi) is 3.74. The van der Waals surface area contributed by atoms with Gasteiger partial charge in [0.15, 0.2) is 17.3 Å². The SMILES string of the molecule is COc1ccc(-c2ncc(N)cn2)cc1OC(F)F. The number of alkyl halides is 2. The Bertz CT molecular complexity index is 561. The Balaban J connectivity index is 2.39. The highest BCUT2D eigenvalue weighted by molar-refractivity contribution is 5.61. The molecule has 0 bridgehead atoms. The number of anilines is 1. The van der Waals surface area contributed by atoms with Gasteiger partial charge in [-0.25, -0.2) is 9.97 Å². The molecule has 0 unspecified atom stereocenters. The molecule has 1 aromatic heterocycles. The lowest BCUT2D eigenvalue weighted by molar-refractivity contribution is -0.0511. The Morgan fingerprint density at radius 1 is 1.16 bits per heavy atom. The van der Waals surface area contributed by atoms with Gasteiger partial charge in [0.05, 0.1) is 25.2 Å². The lowest BCUT2D eigenvalue weighted by Crippen LogP contribution is -2.04. The fraction of sp³-hybridized carbons (Fsp3) is 0.167. The van der Waals surface area contributed by atoms with E-state index < -0.39 is 6.61 Å². The number of nitrogen functional groups attached to an aromatic ring is 1. The highest BCUT2D eigenvalue weighted by Gasteiger charge is 2.12. The van der Waals surface area contributed by atoms with Crippen LogP contribution in [0.2, 0.25) is 0 Å². The number of halogens is 2. The predicted octanol–water partition coefficient (Wildman–Crippen LogP) is 2.34. The van der Waals surface area contributed by atoms with Gasteiger partial charge in [-0.15, -0.1) is 0 Å². The van der Waals surface area contributed by atoms with Gasteiger partial charge in [-0.3, -0.25) is 0 Å². The smallest absolute Gasteiger partial charge is 0.387 e. The van der Waals surface area contributed by atoms with Crippen LogP contribution in [0.3, 0.4) is 0 Å². The molecule has 0 spiro atoms. The predicted molar refractivity (Wildman–Crippen MR) is 65.1 cm³/mol. The van der Waals surface area contributed by atoms with Crippen molar-refractivity contribution >= 4 is 5.69 Å². The molecule has 19 heavy (non-hydrogen) atoms. The topological polar surface area (TPSA) is 70.3 Å². The Hall–Kier alpha value is -2.44. The van der Waals surface area contributed by atoms with Crippen molar-refractivity contribution in [3.8, 4) is 22.9 Å². The van der Waals surface area contributed by atoms with E-state index in [1.165, 1.54) is 31.6 Å². The van der Waals surface area contributed by atoms with Crippen molar-refractivity contribution in [1.82, 2.24) is 9.97 Å². The van der Waals surface area contributed by atoms with E-state index in [1.807, 2.05) is 0 Å². The Morgan fingerprint density at radius 2 is 1.84 bits per heavy atom. The fourth-order valence-electron chi connectivity index (χ4n) is 1.49. The molecule has 2 rings (SSSR count). The van der Waals surface area contributed by atoms with Gasteiger partial charge in [0.1, 0.15) is 0 Å². The number of benzene rings is 1. The summed E-state index contributed by atoms with van der Waals surface area (Å²) in [6.07, 6.45) is 2.86. The summed E-state index contributed by atoms with van der Waals surface area (Å²) < 4.78 is 33.9. The highest BCUT2D eigenvalue weighted by atomic mass is 19.3. The standard InChI is InChI=1S/C12H11F2N3O2/c1-18-9-3-2-7(4-10(9)19-12(13)14)11-16-5-8(15)6-17-11/h2-6,12H,15H2,1H3. The molecular formula is C12H11F2N3O2. The number of hydrogen-bond acceptors (Lipinski definition) is 5. The summed E-state index contributed by atoms with van der Waals surface area (Å²) in [4.78, 5) is 8.01. The van der Waals surface area contributed by atoms with E-state index in [0.717, 1.165) is 0 Å². The minimum Gasteiger partial charge on any atom is -0.493 e. The molecule has 2 N–H and O–H groups in total. The molecule has 0 aliphatic carbocycles. The number of rotatable bonds is 4. The molecule has 0 saturated carbocycles. The van der Waals surface area contributed by atoms with Gasteiger partial charge in [0.2, 0.25) is 0 Å². The van der Waals surface area contributed by atoms with Crippen LogP contribution in [0, 0.1) is 0 Å². The van der Waals surface area contributed by atoms with Crippen LogP contribution >= 0.6 is 0 Å². The molecule has 0 saturated heterocycles. The van der Waals surface area contributed by atoms with Crippen molar-refractivity contribution < 1.29 is 18.3 Å². The third kappa shape index (κ3) is 3.06. The van der Waals surface area contributed by atoms with Gasteiger partial charge in [-0.2, -0.15) is 8.78 Å². The van der Waals surface area contributed by atoms with Gasteiger partial charge in [-0.05, 0) is 18.2 Å². The maximum Gasteiger partial charge on any atom is 0.387 e. The van der Waals surface area contributed by atoms with Crippen molar-refractivity contribution in [2.75, 3.05) is 12.8 Å². The average molecular weight is 267 g/mol. The molecule has 100 valence electrons. The average Bonchev–Trinajstić information content (AvgIpc) is 2.39. The Morgan fingerprint density at radius 3 is 2.42 bits per heavy atom. The first kappa shape index (κ1) is 13.0. The molecule has 2 aromatic rings. The van der Waals surface area contributed by atoms with Crippen LogP contribution in [-0.2, 0) is 0 Å². The third-order valence-electron chi connectivity index (χ3n) is 2.31. The molecule has 1 heterocycles. The van der Waals surface area contributed by atoms with E-state index >= 15 is 0 Å². The summed E-state index contributed by atoms with van der Waals surface area (Å²) in [5, 5.41) is 0. The van der Waals surface area contributed by atoms with E-state index in [1.54, 1.807) is 6.07 Å². The Labute approximate surface area is 108 Å². The van der Waals surface area contributed by atoms with E-state index in [4.69, 9.17) is 10.5 Å². The van der Waals surface area contributed by atoms with Crippen LogP contribution in [0.4, 0.5) is 14.5 Å². The van der Waals surface area contributed by atoms with Crippen LogP contribution < -0.4 is 15.2 Å². The molecule has 0 radical (unpaired) electrons. The number of nitrogens with zero attached hydrogens (tertiary/aromatic N) is 2. The summed E-state index contributed by atoms with van der Waals surface area (Å²) >= 11 is 0. The maximum absolute atomic E-state index is 12.3. The fourth-order valence-corrected chi connectivity index (χ4v) is 1.49. The van der Waals surface area contributed by atoms with E-state index in [-0.39, 0.29) is 11.5 Å². The largest absolute Gasteiger partial charge is 0.493 e. The number of nitrogens with two attached hydrogens (primary N) is 1. The van der Waals surface area contributed by atoms with Gasteiger partial charge >= 0.3 is 6.61 Å². The molecule has 7 heteroatoms. The molecule has 0 atom stereocenters. The van der Waals surface area contributed by atoms with Crippen molar-refractivity contribution in [3.05, 3.63) is 30.6 Å². The van der Waals surface area contributed by atoms with Crippen LogP contribution in [0.15, 0.2) is 30.6 Å². The number of ether oxygens (including phenoxy) is 2. The highest BCUT2D eigenvalue weighted by Crippen LogP contribution is 2.32. The summed E-state index contributed by atoms with van der Waals surface area (Å²) in [6.45, 7) is -2.93. The zero-order valence-corrected chi connectivity index (χ0v) is 10.0. The minimum absolute atomic E-state index is 0.0737. The first-order valence-corrected chi connectivity index (χ1v) is 5.31. The molecule has 0 aliphatic rings. The van der Waals surface area contributed by atoms with Gasteiger partial charge in [0, 0.05) is 5.56 Å². The van der Waals surface area contributed by atoms with Gasteiger partial charge < -0.3 is 15.2 Å². The minimum atomic E-state index is -2.93. The van der Waals surface area contributed by atoms with Gasteiger partial charge in [0.25, 0.3) is 0 Å². The molecule has 0 amide bonds. The summed E-state index contributed by atoms with van der Waals surface area (Å²) in [5.74, 6) is 0.492. The van der Waals surface area contributed by atoms with Crippen LogP contribution in [0.25, 0.3) is 11.4 Å². The molecule has 0 aliphatic heterocycles. The maximum atomic E-state index is 12.3.